The van der Waals surface area contributed by atoms with Crippen molar-refractivity contribution < 1.29 is 14.6 Å². The van der Waals surface area contributed by atoms with E-state index < -0.39 is 11.5 Å². The van der Waals surface area contributed by atoms with Gasteiger partial charge in [0, 0.05) is 13.0 Å². The fourth-order valence-electron chi connectivity index (χ4n) is 2.15. The van der Waals surface area contributed by atoms with Crippen molar-refractivity contribution in [2.24, 2.45) is 11.8 Å². The van der Waals surface area contributed by atoms with E-state index in [9.17, 15) is 9.90 Å². The van der Waals surface area contributed by atoms with Crippen molar-refractivity contribution in [1.29, 1.82) is 0 Å². The molecule has 0 radical (unpaired) electrons. The number of carboxylic acids is 1. The first kappa shape index (κ1) is 14.5. The van der Waals surface area contributed by atoms with Crippen LogP contribution in [0.5, 0.6) is 0 Å². The second-order valence-electron chi connectivity index (χ2n) is 5.77. The van der Waals surface area contributed by atoms with Gasteiger partial charge in [-0.2, -0.15) is 0 Å². The molecule has 0 amide bonds. The quantitative estimate of drug-likeness (QED) is 0.774. The van der Waals surface area contributed by atoms with Crippen LogP contribution in [0.1, 0.15) is 40.5 Å². The van der Waals surface area contributed by atoms with Gasteiger partial charge in [0.25, 0.3) is 0 Å². The molecular weight excluding hydrogens is 218 g/mol. The third-order valence-electron chi connectivity index (χ3n) is 3.41. The molecule has 0 bridgehead atoms. The second kappa shape index (κ2) is 5.83. The van der Waals surface area contributed by atoms with Crippen LogP contribution >= 0.6 is 0 Å². The molecule has 1 saturated heterocycles. The van der Waals surface area contributed by atoms with Gasteiger partial charge in [0.1, 0.15) is 5.54 Å². The standard InChI is InChI=1S/C13H25NO3/c1-9(2)8-14-13(12(15)16)5-6-17-11(7-13)10(3)4/h9-11,14H,5-8H2,1-4H3,(H,15,16). The van der Waals surface area contributed by atoms with E-state index in [4.69, 9.17) is 4.74 Å². The van der Waals surface area contributed by atoms with Gasteiger partial charge in [-0.3, -0.25) is 4.79 Å². The minimum atomic E-state index is -0.794. The highest BCUT2D eigenvalue weighted by Crippen LogP contribution is 2.29. The number of carbonyl (C=O) groups is 1. The maximum atomic E-state index is 11.5. The molecule has 0 spiro atoms. The maximum absolute atomic E-state index is 11.5. The smallest absolute Gasteiger partial charge is 0.324 e. The molecule has 1 heterocycles. The normalized spacial score (nSPS) is 29.9. The highest BCUT2D eigenvalue weighted by Gasteiger charge is 2.43. The van der Waals surface area contributed by atoms with Gasteiger partial charge in [0.15, 0.2) is 0 Å². The first-order chi connectivity index (χ1) is 7.87. The molecule has 100 valence electrons. The van der Waals surface area contributed by atoms with Crippen LogP contribution in [-0.4, -0.2) is 35.9 Å². The molecule has 0 saturated carbocycles. The van der Waals surface area contributed by atoms with E-state index >= 15 is 0 Å². The van der Waals surface area contributed by atoms with Gasteiger partial charge in [-0.15, -0.1) is 0 Å². The summed E-state index contributed by atoms with van der Waals surface area (Å²) < 4.78 is 5.65. The van der Waals surface area contributed by atoms with Gasteiger partial charge in [-0.1, -0.05) is 27.7 Å². The second-order valence-corrected chi connectivity index (χ2v) is 5.77. The summed E-state index contributed by atoms with van der Waals surface area (Å²) >= 11 is 0. The molecule has 2 unspecified atom stereocenters. The van der Waals surface area contributed by atoms with E-state index in [1.54, 1.807) is 0 Å². The Kier molecular flexibility index (Phi) is 4.95. The lowest BCUT2D eigenvalue weighted by molar-refractivity contribution is -0.153. The first-order valence-corrected chi connectivity index (χ1v) is 6.47. The molecule has 1 rings (SSSR count). The predicted molar refractivity (Wildman–Crippen MR) is 67.0 cm³/mol. The summed E-state index contributed by atoms with van der Waals surface area (Å²) in [7, 11) is 0. The summed E-state index contributed by atoms with van der Waals surface area (Å²) in [6.07, 6.45) is 1.16. The summed E-state index contributed by atoms with van der Waals surface area (Å²) in [6, 6.07) is 0. The van der Waals surface area contributed by atoms with Crippen molar-refractivity contribution in [2.75, 3.05) is 13.2 Å². The Morgan fingerprint density at radius 2 is 2.12 bits per heavy atom. The van der Waals surface area contributed by atoms with E-state index in [0.29, 0.717) is 31.3 Å². The number of rotatable bonds is 5. The van der Waals surface area contributed by atoms with Crippen LogP contribution < -0.4 is 5.32 Å². The van der Waals surface area contributed by atoms with Crippen LogP contribution in [0.4, 0.5) is 0 Å². The molecule has 1 fully saturated rings. The van der Waals surface area contributed by atoms with Crippen molar-refractivity contribution in [1.82, 2.24) is 5.32 Å². The molecule has 2 atom stereocenters. The van der Waals surface area contributed by atoms with E-state index in [1.807, 2.05) is 0 Å². The topological polar surface area (TPSA) is 58.6 Å². The first-order valence-electron chi connectivity index (χ1n) is 6.47. The highest BCUT2D eigenvalue weighted by atomic mass is 16.5. The minimum absolute atomic E-state index is 0.0412. The van der Waals surface area contributed by atoms with E-state index in [1.165, 1.54) is 0 Å². The number of hydrogen-bond donors (Lipinski definition) is 2. The summed E-state index contributed by atoms with van der Waals surface area (Å²) in [6.45, 7) is 9.58. The van der Waals surface area contributed by atoms with Crippen LogP contribution in [0.25, 0.3) is 0 Å². The van der Waals surface area contributed by atoms with Crippen molar-refractivity contribution >= 4 is 5.97 Å². The van der Waals surface area contributed by atoms with E-state index in [2.05, 4.69) is 33.0 Å². The SMILES string of the molecule is CC(C)CNC1(C(=O)O)CCOC(C(C)C)C1. The van der Waals surface area contributed by atoms with Crippen LogP contribution in [0.2, 0.25) is 0 Å². The Labute approximate surface area is 104 Å². The Bertz CT molecular complexity index is 265. The number of aliphatic carboxylic acids is 1. The van der Waals surface area contributed by atoms with Gasteiger partial charge < -0.3 is 15.2 Å². The van der Waals surface area contributed by atoms with Crippen LogP contribution in [0.3, 0.4) is 0 Å². The molecule has 2 N–H and O–H groups in total. The molecule has 0 aromatic heterocycles. The average Bonchev–Trinajstić information content (AvgIpc) is 2.26. The lowest BCUT2D eigenvalue weighted by atomic mass is 9.83. The highest BCUT2D eigenvalue weighted by molar-refractivity contribution is 5.79. The molecule has 0 aromatic carbocycles. The van der Waals surface area contributed by atoms with Gasteiger partial charge in [-0.25, -0.2) is 0 Å². The summed E-state index contributed by atoms with van der Waals surface area (Å²) in [4.78, 5) is 11.5. The van der Waals surface area contributed by atoms with Gasteiger partial charge >= 0.3 is 5.97 Å². The van der Waals surface area contributed by atoms with Crippen molar-refractivity contribution in [3.63, 3.8) is 0 Å². The molecular formula is C13H25NO3. The fraction of sp³-hybridized carbons (Fsp3) is 0.923. The summed E-state index contributed by atoms with van der Waals surface area (Å²) in [5.74, 6) is 0.0635. The van der Waals surface area contributed by atoms with E-state index in [0.717, 1.165) is 6.54 Å². The predicted octanol–water partition coefficient (Wildman–Crippen LogP) is 1.89. The monoisotopic (exact) mass is 243 g/mol. The number of carboxylic acid groups (broad SMARTS) is 1. The van der Waals surface area contributed by atoms with Gasteiger partial charge in [-0.05, 0) is 24.8 Å². The van der Waals surface area contributed by atoms with Crippen LogP contribution in [0.15, 0.2) is 0 Å². The number of hydrogen-bond acceptors (Lipinski definition) is 3. The zero-order valence-electron chi connectivity index (χ0n) is 11.3. The zero-order valence-corrected chi connectivity index (χ0v) is 11.3. The van der Waals surface area contributed by atoms with Crippen molar-refractivity contribution in [3.05, 3.63) is 0 Å². The van der Waals surface area contributed by atoms with Crippen LogP contribution in [-0.2, 0) is 9.53 Å². The Morgan fingerprint density at radius 3 is 2.59 bits per heavy atom. The van der Waals surface area contributed by atoms with Crippen LogP contribution in [0, 0.1) is 11.8 Å². The third kappa shape index (κ3) is 3.68. The summed E-state index contributed by atoms with van der Waals surface area (Å²) in [5.41, 5.74) is -0.794. The molecule has 4 heteroatoms. The average molecular weight is 243 g/mol. The van der Waals surface area contributed by atoms with Crippen molar-refractivity contribution in [3.8, 4) is 0 Å². The molecule has 1 aliphatic rings. The van der Waals surface area contributed by atoms with E-state index in [-0.39, 0.29) is 6.10 Å². The molecule has 0 aromatic rings. The molecule has 17 heavy (non-hydrogen) atoms. The lowest BCUT2D eigenvalue weighted by Gasteiger charge is -2.40. The Balaban J connectivity index is 2.73. The lowest BCUT2D eigenvalue weighted by Crippen LogP contribution is -2.58. The minimum Gasteiger partial charge on any atom is -0.480 e. The molecule has 4 nitrogen and oxygen atoms in total. The molecule has 0 aliphatic carbocycles. The maximum Gasteiger partial charge on any atom is 0.324 e. The zero-order chi connectivity index (χ0) is 13.1. The Morgan fingerprint density at radius 1 is 1.47 bits per heavy atom. The Hall–Kier alpha value is -0.610. The third-order valence-corrected chi connectivity index (χ3v) is 3.41. The van der Waals surface area contributed by atoms with Crippen molar-refractivity contribution in [2.45, 2.75) is 52.2 Å². The van der Waals surface area contributed by atoms with Gasteiger partial charge in [0.2, 0.25) is 0 Å². The largest absolute Gasteiger partial charge is 0.480 e. The number of ether oxygens (including phenoxy) is 1. The molecule has 1 aliphatic heterocycles. The fourth-order valence-corrected chi connectivity index (χ4v) is 2.15. The van der Waals surface area contributed by atoms with Gasteiger partial charge in [0.05, 0.1) is 6.10 Å². The summed E-state index contributed by atoms with van der Waals surface area (Å²) in [5, 5.41) is 12.7. The number of nitrogens with one attached hydrogen (secondary N) is 1.